The Bertz CT molecular complexity index is 1290. The quantitative estimate of drug-likeness (QED) is 0.365. The van der Waals surface area contributed by atoms with Gasteiger partial charge in [0.25, 0.3) is 0 Å². The number of imidazole rings is 1. The summed E-state index contributed by atoms with van der Waals surface area (Å²) in [5.41, 5.74) is 6.66. The number of benzene rings is 1. The van der Waals surface area contributed by atoms with Gasteiger partial charge in [0.2, 0.25) is 0 Å². The molecule has 0 unspecified atom stereocenters. The van der Waals surface area contributed by atoms with E-state index in [1.807, 2.05) is 23.6 Å². The number of halogens is 4. The van der Waals surface area contributed by atoms with Crippen LogP contribution < -0.4 is 10.6 Å². The highest BCUT2D eigenvalue weighted by Crippen LogP contribution is 2.38. The number of aromatic nitrogens is 4. The van der Waals surface area contributed by atoms with E-state index in [9.17, 15) is 17.6 Å². The molecule has 5 rings (SSSR count). The monoisotopic (exact) mass is 545 g/mol. The Hall–Kier alpha value is -3.21. The third-order valence-electron chi connectivity index (χ3n) is 7.78. The number of hydrogen-bond donors (Lipinski definition) is 1. The van der Waals surface area contributed by atoms with Crippen molar-refractivity contribution in [2.75, 3.05) is 44.4 Å². The van der Waals surface area contributed by atoms with Gasteiger partial charge in [-0.05, 0) is 63.9 Å². The van der Waals surface area contributed by atoms with E-state index in [1.165, 1.54) is 25.2 Å². The lowest BCUT2D eigenvalue weighted by molar-refractivity contribution is -0.139. The minimum atomic E-state index is -4.77. The van der Waals surface area contributed by atoms with E-state index in [4.69, 9.17) is 10.7 Å². The molecular weight excluding hydrogens is 510 g/mol. The summed E-state index contributed by atoms with van der Waals surface area (Å²) in [7, 11) is 3.94. The number of piperidine rings is 1. The molecule has 3 aromatic rings. The average Bonchev–Trinajstić information content (AvgIpc) is 3.63. The fourth-order valence-electron chi connectivity index (χ4n) is 5.32. The molecule has 1 aromatic carbocycles. The van der Waals surface area contributed by atoms with Crippen molar-refractivity contribution in [2.45, 2.75) is 57.2 Å². The highest BCUT2D eigenvalue weighted by molar-refractivity contribution is 5.61. The number of hydrogen-bond acceptors (Lipinski definition) is 6. The molecule has 0 spiro atoms. The van der Waals surface area contributed by atoms with Crippen molar-refractivity contribution in [1.82, 2.24) is 24.4 Å². The molecule has 0 bridgehead atoms. The first-order chi connectivity index (χ1) is 18.6. The Morgan fingerprint density at radius 3 is 2.49 bits per heavy atom. The van der Waals surface area contributed by atoms with Crippen LogP contribution in [0.15, 0.2) is 30.7 Å². The largest absolute Gasteiger partial charge is 0.419 e. The maximum absolute atomic E-state index is 13.9. The van der Waals surface area contributed by atoms with Crippen LogP contribution in [0.5, 0.6) is 0 Å². The minimum Gasteiger partial charge on any atom is -0.383 e. The van der Waals surface area contributed by atoms with Crippen molar-refractivity contribution in [3.63, 3.8) is 0 Å². The molecule has 1 aliphatic carbocycles. The molecule has 3 heterocycles. The Labute approximate surface area is 226 Å². The van der Waals surface area contributed by atoms with Crippen LogP contribution in [-0.4, -0.2) is 58.1 Å². The molecule has 2 N–H and O–H groups in total. The number of nitrogens with two attached hydrogens (primary N) is 1. The Morgan fingerprint density at radius 1 is 1.08 bits per heavy atom. The van der Waals surface area contributed by atoms with Crippen LogP contribution in [0.2, 0.25) is 0 Å². The molecule has 1 saturated carbocycles. The van der Waals surface area contributed by atoms with Crippen LogP contribution in [0.3, 0.4) is 0 Å². The maximum atomic E-state index is 13.9. The molecule has 0 radical (unpaired) electrons. The van der Waals surface area contributed by atoms with Crippen LogP contribution in [-0.2, 0) is 19.1 Å². The van der Waals surface area contributed by atoms with Crippen molar-refractivity contribution in [3.05, 3.63) is 53.5 Å². The van der Waals surface area contributed by atoms with E-state index in [0.29, 0.717) is 18.1 Å². The number of anilines is 2. The van der Waals surface area contributed by atoms with Gasteiger partial charge in [-0.25, -0.2) is 19.3 Å². The van der Waals surface area contributed by atoms with Crippen LogP contribution in [0.25, 0.3) is 11.3 Å². The van der Waals surface area contributed by atoms with E-state index >= 15 is 0 Å². The van der Waals surface area contributed by atoms with E-state index in [-0.39, 0.29) is 11.5 Å². The van der Waals surface area contributed by atoms with E-state index in [1.54, 1.807) is 6.20 Å². The molecule has 210 valence electrons. The summed E-state index contributed by atoms with van der Waals surface area (Å²) < 4.78 is 56.0. The molecule has 1 aliphatic heterocycles. The smallest absolute Gasteiger partial charge is 0.383 e. The second-order valence-electron chi connectivity index (χ2n) is 11.0. The van der Waals surface area contributed by atoms with Crippen LogP contribution >= 0.6 is 0 Å². The molecule has 7 nitrogen and oxygen atoms in total. The van der Waals surface area contributed by atoms with Crippen LogP contribution in [0, 0.1) is 11.7 Å². The molecule has 0 atom stereocenters. The Balaban J connectivity index is 1.37. The molecule has 2 aromatic heterocycles. The number of nitrogen functional groups attached to an aromatic ring is 1. The lowest BCUT2D eigenvalue weighted by Gasteiger charge is -2.34. The minimum absolute atomic E-state index is 0.133. The van der Waals surface area contributed by atoms with Gasteiger partial charge in [0.1, 0.15) is 29.6 Å². The predicted octanol–water partition coefficient (Wildman–Crippen LogP) is 5.37. The zero-order valence-corrected chi connectivity index (χ0v) is 22.4. The van der Waals surface area contributed by atoms with Crippen molar-refractivity contribution >= 4 is 11.6 Å². The van der Waals surface area contributed by atoms with Crippen molar-refractivity contribution in [1.29, 1.82) is 0 Å². The van der Waals surface area contributed by atoms with Gasteiger partial charge in [0.05, 0.1) is 11.3 Å². The van der Waals surface area contributed by atoms with Gasteiger partial charge < -0.3 is 20.1 Å². The van der Waals surface area contributed by atoms with E-state index < -0.39 is 17.6 Å². The summed E-state index contributed by atoms with van der Waals surface area (Å²) in [6, 6.07) is 3.07. The normalized spacial score (nSPS) is 16.8. The van der Waals surface area contributed by atoms with Crippen molar-refractivity contribution in [2.24, 2.45) is 5.92 Å². The highest BCUT2D eigenvalue weighted by atomic mass is 19.4. The number of alkyl halides is 3. The molecule has 2 fully saturated rings. The fourth-order valence-corrected chi connectivity index (χ4v) is 5.32. The topological polar surface area (TPSA) is 76.1 Å². The van der Waals surface area contributed by atoms with Gasteiger partial charge in [-0.2, -0.15) is 13.2 Å². The molecule has 11 heteroatoms. The van der Waals surface area contributed by atoms with Gasteiger partial charge in [0, 0.05) is 49.4 Å². The van der Waals surface area contributed by atoms with Crippen molar-refractivity contribution in [3.8, 4) is 11.3 Å². The first kappa shape index (κ1) is 27.4. The fraction of sp³-hybridized carbons (Fsp3) is 0.536. The summed E-state index contributed by atoms with van der Waals surface area (Å²) in [4.78, 5) is 17.9. The van der Waals surface area contributed by atoms with Gasteiger partial charge in [-0.15, -0.1) is 0 Å². The lowest BCUT2D eigenvalue weighted by atomic mass is 9.95. The van der Waals surface area contributed by atoms with E-state index in [0.717, 1.165) is 80.6 Å². The van der Waals surface area contributed by atoms with Gasteiger partial charge in [0.15, 0.2) is 0 Å². The molecule has 39 heavy (non-hydrogen) atoms. The molecular formula is C28H35F4N7. The summed E-state index contributed by atoms with van der Waals surface area (Å²) in [5, 5.41) is 0. The Kier molecular flexibility index (Phi) is 7.80. The van der Waals surface area contributed by atoms with Gasteiger partial charge >= 0.3 is 6.18 Å². The third kappa shape index (κ3) is 6.34. The summed E-state index contributed by atoms with van der Waals surface area (Å²) >= 11 is 0. The highest BCUT2D eigenvalue weighted by Gasteiger charge is 2.35. The van der Waals surface area contributed by atoms with Gasteiger partial charge in [-0.3, -0.25) is 0 Å². The molecule has 1 saturated heterocycles. The summed E-state index contributed by atoms with van der Waals surface area (Å²) in [6.07, 6.45) is 4.73. The SMILES string of the molecule is CN(C)CCn1cc(-c2ccc(F)c(C(F)(F)F)c2)nc1C1CCN(c2ncnc(N)c2CCC2CC2)CC1. The average molecular weight is 546 g/mol. The number of rotatable bonds is 9. The summed E-state index contributed by atoms with van der Waals surface area (Å²) in [6.45, 7) is 2.93. The standard InChI is InChI=1S/C28H35F4N7/c1-37(2)13-14-39-16-24(20-6-8-23(29)22(15-20)28(30,31)32)36-26(39)19-9-11-38(12-10-19)27-21(7-5-18-3-4-18)25(33)34-17-35-27/h6,8,15-19H,3-5,7,9-14H2,1-2H3,(H2,33,34,35). The zero-order valence-electron chi connectivity index (χ0n) is 22.4. The van der Waals surface area contributed by atoms with Crippen molar-refractivity contribution < 1.29 is 17.6 Å². The second kappa shape index (κ2) is 11.1. The van der Waals surface area contributed by atoms with E-state index in [2.05, 4.69) is 14.9 Å². The Morgan fingerprint density at radius 2 is 1.82 bits per heavy atom. The maximum Gasteiger partial charge on any atom is 0.419 e. The summed E-state index contributed by atoms with van der Waals surface area (Å²) in [5.74, 6) is 1.93. The zero-order chi connectivity index (χ0) is 27.7. The first-order valence-electron chi connectivity index (χ1n) is 13.5. The predicted molar refractivity (Wildman–Crippen MR) is 143 cm³/mol. The van der Waals surface area contributed by atoms with Gasteiger partial charge in [-0.1, -0.05) is 12.8 Å². The lowest BCUT2D eigenvalue weighted by Crippen LogP contribution is -2.35. The first-order valence-corrected chi connectivity index (χ1v) is 13.5. The second-order valence-corrected chi connectivity index (χ2v) is 11.0. The van der Waals surface area contributed by atoms with Crippen LogP contribution in [0.1, 0.15) is 55.0 Å². The van der Waals surface area contributed by atoms with Crippen LogP contribution in [0.4, 0.5) is 29.2 Å². The molecule has 0 amide bonds. The number of nitrogens with zero attached hydrogens (tertiary/aromatic N) is 6. The number of likely N-dealkylation sites (N-methyl/N-ethyl adjacent to an activating group) is 1. The third-order valence-corrected chi connectivity index (χ3v) is 7.78. The molecule has 2 aliphatic rings.